The Labute approximate surface area is 165 Å². The fourth-order valence-corrected chi connectivity index (χ4v) is 3.74. The van der Waals surface area contributed by atoms with Gasteiger partial charge in [0, 0.05) is 19.2 Å². The van der Waals surface area contributed by atoms with Gasteiger partial charge in [0.05, 0.1) is 17.3 Å². The van der Waals surface area contributed by atoms with Crippen LogP contribution >= 0.6 is 54.5 Å². The molecule has 120 valence electrons. The van der Waals surface area contributed by atoms with E-state index in [-0.39, 0.29) is 5.91 Å². The number of hydrogen-bond acceptors (Lipinski definition) is 3. The number of halogens is 3. The molecule has 0 spiro atoms. The van der Waals surface area contributed by atoms with E-state index in [1.807, 2.05) is 31.2 Å². The maximum absolute atomic E-state index is 12.1. The first-order chi connectivity index (χ1) is 11.0. The van der Waals surface area contributed by atoms with Crippen LogP contribution < -0.4 is 10.2 Å². The highest BCUT2D eigenvalue weighted by Crippen LogP contribution is 2.32. The van der Waals surface area contributed by atoms with Crippen molar-refractivity contribution < 1.29 is 9.53 Å². The second kappa shape index (κ2) is 8.79. The van der Waals surface area contributed by atoms with E-state index in [4.69, 9.17) is 4.74 Å². The van der Waals surface area contributed by atoms with Crippen molar-refractivity contribution in [1.29, 1.82) is 0 Å². The summed E-state index contributed by atoms with van der Waals surface area (Å²) >= 11 is 9.05. The molecule has 4 nitrogen and oxygen atoms in total. The van der Waals surface area contributed by atoms with Crippen molar-refractivity contribution in [2.24, 2.45) is 5.10 Å². The highest BCUT2D eigenvalue weighted by Gasteiger charge is 2.09. The molecule has 2 aromatic carbocycles. The topological polar surface area (TPSA) is 50.7 Å². The number of hydrazone groups is 1. The first-order valence-electron chi connectivity index (χ1n) is 6.72. The molecule has 0 aliphatic rings. The summed E-state index contributed by atoms with van der Waals surface area (Å²) in [5.41, 5.74) is 3.85. The van der Waals surface area contributed by atoms with Crippen LogP contribution in [0.5, 0.6) is 5.75 Å². The van der Waals surface area contributed by atoms with Crippen LogP contribution in [0.15, 0.2) is 50.4 Å². The number of nitrogens with one attached hydrogen (secondary N) is 1. The third-order valence-electron chi connectivity index (χ3n) is 2.78. The summed E-state index contributed by atoms with van der Waals surface area (Å²) in [5.74, 6) is 0.426. The predicted octanol–water partition coefficient (Wildman–Crippen LogP) is 4.98. The maximum atomic E-state index is 12.1. The monoisotopic (exact) mass is 550 g/mol. The van der Waals surface area contributed by atoms with Gasteiger partial charge in [0.2, 0.25) is 0 Å². The lowest BCUT2D eigenvalue weighted by Crippen LogP contribution is -2.17. The third-order valence-corrected chi connectivity index (χ3v) is 4.50. The van der Waals surface area contributed by atoms with Crippen molar-refractivity contribution in [2.45, 2.75) is 6.92 Å². The largest absolute Gasteiger partial charge is 0.492 e. The van der Waals surface area contributed by atoms with Crippen molar-refractivity contribution >= 4 is 66.6 Å². The molecule has 0 unspecified atom stereocenters. The van der Waals surface area contributed by atoms with E-state index in [1.165, 1.54) is 0 Å². The van der Waals surface area contributed by atoms with Gasteiger partial charge in [-0.1, -0.05) is 22.0 Å². The van der Waals surface area contributed by atoms with Crippen LogP contribution in [-0.4, -0.2) is 18.7 Å². The summed E-state index contributed by atoms with van der Waals surface area (Å²) in [5, 5.41) is 4.02. The van der Waals surface area contributed by atoms with Gasteiger partial charge in [0.25, 0.3) is 5.91 Å². The highest BCUT2D eigenvalue weighted by atomic mass is 127. The summed E-state index contributed by atoms with van der Waals surface area (Å²) in [4.78, 5) is 12.1. The standard InChI is InChI=1S/C16H13Br2IN2O2/c1-2-23-15-11(6-12(17)8-14(15)18)9-20-21-16(22)10-4-3-5-13(19)7-10/h3-9H,2H2,1H3,(H,21,22)/b20-9-. The van der Waals surface area contributed by atoms with Crippen LogP contribution in [0.1, 0.15) is 22.8 Å². The van der Waals surface area contributed by atoms with Gasteiger partial charge in [0.1, 0.15) is 5.75 Å². The number of carbonyl (C=O) groups excluding carboxylic acids is 1. The Balaban J connectivity index is 2.15. The van der Waals surface area contributed by atoms with Gasteiger partial charge < -0.3 is 4.74 Å². The van der Waals surface area contributed by atoms with Crippen molar-refractivity contribution in [3.8, 4) is 5.75 Å². The number of benzene rings is 2. The van der Waals surface area contributed by atoms with Gasteiger partial charge in [-0.25, -0.2) is 5.43 Å². The van der Waals surface area contributed by atoms with E-state index in [9.17, 15) is 4.79 Å². The Morgan fingerprint density at radius 1 is 1.35 bits per heavy atom. The summed E-state index contributed by atoms with van der Waals surface area (Å²) < 4.78 is 8.31. The van der Waals surface area contributed by atoms with Crippen molar-refractivity contribution in [1.82, 2.24) is 5.43 Å². The number of nitrogens with zero attached hydrogens (tertiary/aromatic N) is 1. The maximum Gasteiger partial charge on any atom is 0.271 e. The predicted molar refractivity (Wildman–Crippen MR) is 107 cm³/mol. The van der Waals surface area contributed by atoms with Crippen molar-refractivity contribution in [3.05, 3.63) is 60.0 Å². The zero-order chi connectivity index (χ0) is 16.8. The van der Waals surface area contributed by atoms with Crippen LogP contribution in [-0.2, 0) is 0 Å². The average molecular weight is 552 g/mol. The number of amides is 1. The van der Waals surface area contributed by atoms with Crippen molar-refractivity contribution in [2.75, 3.05) is 6.61 Å². The van der Waals surface area contributed by atoms with Crippen LogP contribution in [0.2, 0.25) is 0 Å². The average Bonchev–Trinajstić information content (AvgIpc) is 2.50. The van der Waals surface area contributed by atoms with E-state index in [0.717, 1.165) is 18.1 Å². The Morgan fingerprint density at radius 2 is 2.13 bits per heavy atom. The molecule has 0 radical (unpaired) electrons. The minimum Gasteiger partial charge on any atom is -0.492 e. The first-order valence-corrected chi connectivity index (χ1v) is 9.38. The fourth-order valence-electron chi connectivity index (χ4n) is 1.83. The van der Waals surface area contributed by atoms with E-state index in [1.54, 1.807) is 18.3 Å². The van der Waals surface area contributed by atoms with E-state index < -0.39 is 0 Å². The van der Waals surface area contributed by atoms with E-state index >= 15 is 0 Å². The van der Waals surface area contributed by atoms with Crippen molar-refractivity contribution in [3.63, 3.8) is 0 Å². The van der Waals surface area contributed by atoms with Gasteiger partial charge >= 0.3 is 0 Å². The molecule has 1 N–H and O–H groups in total. The molecule has 0 saturated carbocycles. The quantitative estimate of drug-likeness (QED) is 0.324. The number of ether oxygens (including phenoxy) is 1. The Hall–Kier alpha value is -0.930. The molecule has 0 fully saturated rings. The molecule has 0 aliphatic heterocycles. The number of rotatable bonds is 5. The zero-order valence-electron chi connectivity index (χ0n) is 12.1. The lowest BCUT2D eigenvalue weighted by Gasteiger charge is -2.10. The van der Waals surface area contributed by atoms with Gasteiger partial charge in [-0.2, -0.15) is 5.10 Å². The van der Waals surface area contributed by atoms with Crippen LogP contribution in [0.25, 0.3) is 0 Å². The Bertz CT molecular complexity index is 751. The number of carbonyl (C=O) groups is 1. The summed E-state index contributed by atoms with van der Waals surface area (Å²) in [6, 6.07) is 11.1. The third kappa shape index (κ3) is 5.29. The normalized spacial score (nSPS) is 10.8. The molecule has 2 rings (SSSR count). The molecule has 0 bridgehead atoms. The molecule has 0 aromatic heterocycles. The zero-order valence-corrected chi connectivity index (χ0v) is 17.5. The molecular formula is C16H13Br2IN2O2. The van der Waals surface area contributed by atoms with Crippen LogP contribution in [0.4, 0.5) is 0 Å². The van der Waals surface area contributed by atoms with Gasteiger partial charge in [-0.05, 0) is 75.8 Å². The van der Waals surface area contributed by atoms with Crippen LogP contribution in [0, 0.1) is 3.57 Å². The lowest BCUT2D eigenvalue weighted by molar-refractivity contribution is 0.0955. The van der Waals surface area contributed by atoms with Gasteiger partial charge in [0.15, 0.2) is 0 Å². The minimum atomic E-state index is -0.258. The molecule has 0 aliphatic carbocycles. The summed E-state index contributed by atoms with van der Waals surface area (Å²) in [7, 11) is 0. The second-order valence-corrected chi connectivity index (χ2v) is 7.46. The molecule has 0 saturated heterocycles. The first kappa shape index (κ1) is 18.4. The Kier molecular flexibility index (Phi) is 7.04. The molecule has 0 heterocycles. The molecule has 7 heteroatoms. The van der Waals surface area contributed by atoms with Gasteiger partial charge in [-0.15, -0.1) is 0 Å². The summed E-state index contributed by atoms with van der Waals surface area (Å²) in [6.45, 7) is 2.45. The van der Waals surface area contributed by atoms with E-state index in [0.29, 0.717) is 17.9 Å². The smallest absolute Gasteiger partial charge is 0.271 e. The second-order valence-electron chi connectivity index (χ2n) is 4.45. The molecule has 23 heavy (non-hydrogen) atoms. The molecular weight excluding hydrogens is 539 g/mol. The fraction of sp³-hybridized carbons (Fsp3) is 0.125. The SMILES string of the molecule is CCOc1c(Br)cc(Br)cc1/C=N\NC(=O)c1cccc(I)c1. The molecule has 0 atom stereocenters. The van der Waals surface area contributed by atoms with Crippen LogP contribution in [0.3, 0.4) is 0 Å². The highest BCUT2D eigenvalue weighted by molar-refractivity contribution is 14.1. The molecule has 1 amide bonds. The lowest BCUT2D eigenvalue weighted by atomic mass is 10.2. The summed E-state index contributed by atoms with van der Waals surface area (Å²) in [6.07, 6.45) is 1.56. The molecule has 2 aromatic rings. The van der Waals surface area contributed by atoms with E-state index in [2.05, 4.69) is 65.0 Å². The van der Waals surface area contributed by atoms with Gasteiger partial charge in [-0.3, -0.25) is 4.79 Å². The number of hydrogen-bond donors (Lipinski definition) is 1. The minimum absolute atomic E-state index is 0.258. The Morgan fingerprint density at radius 3 is 2.83 bits per heavy atom.